The van der Waals surface area contributed by atoms with Crippen molar-refractivity contribution in [2.45, 2.75) is 70.3 Å². The fraction of sp³-hybridized carbons (Fsp3) is 0.556. The molecule has 3 aliphatic rings. The van der Waals surface area contributed by atoms with Crippen molar-refractivity contribution in [1.82, 2.24) is 5.32 Å². The second-order valence-corrected chi connectivity index (χ2v) is 9.58. The van der Waals surface area contributed by atoms with E-state index < -0.39 is 6.10 Å². The van der Waals surface area contributed by atoms with Gasteiger partial charge in [0.2, 0.25) is 5.91 Å². The van der Waals surface area contributed by atoms with Crippen molar-refractivity contribution in [1.29, 1.82) is 0 Å². The summed E-state index contributed by atoms with van der Waals surface area (Å²) in [5, 5.41) is 13.4. The molecule has 31 heavy (non-hydrogen) atoms. The van der Waals surface area contributed by atoms with E-state index in [9.17, 15) is 14.7 Å². The van der Waals surface area contributed by atoms with Crippen LogP contribution in [0.25, 0.3) is 0 Å². The molecular weight excluding hydrogens is 386 g/mol. The Morgan fingerprint density at radius 2 is 2.03 bits per heavy atom. The Labute approximate surface area is 185 Å². The van der Waals surface area contributed by atoms with Gasteiger partial charge < -0.3 is 10.4 Å². The van der Waals surface area contributed by atoms with Crippen LogP contribution in [0.1, 0.15) is 63.4 Å². The molecule has 2 saturated carbocycles. The van der Waals surface area contributed by atoms with Gasteiger partial charge in [-0.1, -0.05) is 48.6 Å². The van der Waals surface area contributed by atoms with Crippen LogP contribution in [-0.2, 0) is 16.0 Å². The normalized spacial score (nSPS) is 26.2. The standard InChI is InChI=1S/C27H35NO3/c29-24(14-11-20-5-2-1-3-6-20)15-12-23-13-16-25(30)27(23)18-17-22(27)7-4-8-26(31)28-19-21-9-10-21/h1-3,5-6,12-13,15,21-22,24,29H,4,7-11,14,16-19H2,(H,28,31)/b15-12+/t22?,24-,27-/m0/s1. The van der Waals surface area contributed by atoms with E-state index in [2.05, 4.69) is 23.5 Å². The molecule has 1 spiro atoms. The van der Waals surface area contributed by atoms with Gasteiger partial charge in [0.05, 0.1) is 11.5 Å². The molecule has 4 rings (SSSR count). The van der Waals surface area contributed by atoms with Crippen molar-refractivity contribution in [3.8, 4) is 0 Å². The van der Waals surface area contributed by atoms with Gasteiger partial charge in [-0.05, 0) is 74.3 Å². The monoisotopic (exact) mass is 421 g/mol. The summed E-state index contributed by atoms with van der Waals surface area (Å²) < 4.78 is 0. The summed E-state index contributed by atoms with van der Waals surface area (Å²) in [4.78, 5) is 24.8. The number of carbonyl (C=O) groups is 2. The van der Waals surface area contributed by atoms with E-state index in [1.165, 1.54) is 18.4 Å². The van der Waals surface area contributed by atoms with Crippen LogP contribution in [0.5, 0.6) is 0 Å². The molecule has 166 valence electrons. The van der Waals surface area contributed by atoms with Gasteiger partial charge in [-0.15, -0.1) is 0 Å². The molecule has 2 N–H and O–H groups in total. The highest BCUT2D eigenvalue weighted by Crippen LogP contribution is 2.58. The number of benzene rings is 1. The van der Waals surface area contributed by atoms with Gasteiger partial charge in [-0.2, -0.15) is 0 Å². The number of amides is 1. The number of aryl methyl sites for hydroxylation is 1. The first kappa shape index (κ1) is 22.0. The van der Waals surface area contributed by atoms with Crippen molar-refractivity contribution in [3.63, 3.8) is 0 Å². The van der Waals surface area contributed by atoms with Crippen molar-refractivity contribution >= 4 is 11.7 Å². The minimum Gasteiger partial charge on any atom is -0.389 e. The van der Waals surface area contributed by atoms with E-state index in [0.29, 0.717) is 36.9 Å². The number of aliphatic hydroxyl groups excluding tert-OH is 1. The van der Waals surface area contributed by atoms with Crippen LogP contribution in [0, 0.1) is 17.3 Å². The number of ketones is 1. The van der Waals surface area contributed by atoms with Gasteiger partial charge in [0.25, 0.3) is 0 Å². The Morgan fingerprint density at radius 3 is 2.74 bits per heavy atom. The van der Waals surface area contributed by atoms with E-state index in [-0.39, 0.29) is 11.3 Å². The van der Waals surface area contributed by atoms with Crippen molar-refractivity contribution in [2.24, 2.45) is 17.3 Å². The lowest BCUT2D eigenvalue weighted by atomic mass is 9.54. The van der Waals surface area contributed by atoms with E-state index in [4.69, 9.17) is 0 Å². The van der Waals surface area contributed by atoms with Crippen LogP contribution >= 0.6 is 0 Å². The van der Waals surface area contributed by atoms with Crippen LogP contribution < -0.4 is 5.32 Å². The topological polar surface area (TPSA) is 66.4 Å². The van der Waals surface area contributed by atoms with Crippen LogP contribution in [0.4, 0.5) is 0 Å². The van der Waals surface area contributed by atoms with Crippen LogP contribution in [0.15, 0.2) is 54.1 Å². The number of hydrogen-bond donors (Lipinski definition) is 2. The maximum atomic E-state index is 12.8. The molecule has 1 aromatic carbocycles. The average molecular weight is 422 g/mol. The van der Waals surface area contributed by atoms with Gasteiger partial charge in [0.1, 0.15) is 5.78 Å². The minimum atomic E-state index is -0.512. The molecule has 0 bridgehead atoms. The molecule has 0 radical (unpaired) electrons. The molecule has 4 heteroatoms. The van der Waals surface area contributed by atoms with E-state index >= 15 is 0 Å². The smallest absolute Gasteiger partial charge is 0.220 e. The van der Waals surface area contributed by atoms with Crippen LogP contribution in [0.2, 0.25) is 0 Å². The lowest BCUT2D eigenvalue weighted by molar-refractivity contribution is -0.133. The molecule has 0 aromatic heterocycles. The molecule has 3 atom stereocenters. The molecule has 1 aromatic rings. The minimum absolute atomic E-state index is 0.148. The maximum Gasteiger partial charge on any atom is 0.220 e. The van der Waals surface area contributed by atoms with Gasteiger partial charge in [0.15, 0.2) is 0 Å². The summed E-state index contributed by atoms with van der Waals surface area (Å²) in [6, 6.07) is 10.2. The summed E-state index contributed by atoms with van der Waals surface area (Å²) in [6.07, 6.45) is 14.2. The molecule has 0 heterocycles. The number of aliphatic hydroxyl groups is 1. The Hall–Kier alpha value is -2.20. The summed E-state index contributed by atoms with van der Waals surface area (Å²) in [6.45, 7) is 0.828. The predicted molar refractivity (Wildman–Crippen MR) is 122 cm³/mol. The lowest BCUT2D eigenvalue weighted by Crippen LogP contribution is -2.45. The van der Waals surface area contributed by atoms with E-state index in [1.807, 2.05) is 30.4 Å². The number of hydrogen-bond acceptors (Lipinski definition) is 3. The van der Waals surface area contributed by atoms with Gasteiger partial charge >= 0.3 is 0 Å². The third-order valence-electron chi connectivity index (χ3n) is 7.41. The fourth-order valence-corrected chi connectivity index (χ4v) is 5.17. The molecule has 0 aliphatic heterocycles. The van der Waals surface area contributed by atoms with E-state index in [0.717, 1.165) is 44.2 Å². The summed E-state index contributed by atoms with van der Waals surface area (Å²) in [5.74, 6) is 1.50. The Bertz CT molecular complexity index is 839. The molecule has 1 amide bonds. The second kappa shape index (κ2) is 9.95. The van der Waals surface area contributed by atoms with Crippen molar-refractivity contribution in [2.75, 3.05) is 6.54 Å². The SMILES string of the molecule is O=C(CCCC1CC[C@]12C(=O)CC=C2/C=C/[C@@H](O)CCc1ccccc1)NCC1CC1. The molecule has 3 aliphatic carbocycles. The highest BCUT2D eigenvalue weighted by molar-refractivity contribution is 5.94. The van der Waals surface area contributed by atoms with Crippen molar-refractivity contribution in [3.05, 3.63) is 59.7 Å². The third-order valence-corrected chi connectivity index (χ3v) is 7.41. The zero-order valence-corrected chi connectivity index (χ0v) is 18.4. The number of nitrogens with one attached hydrogen (secondary N) is 1. The Morgan fingerprint density at radius 1 is 1.23 bits per heavy atom. The number of rotatable bonds is 11. The fourth-order valence-electron chi connectivity index (χ4n) is 5.17. The van der Waals surface area contributed by atoms with Gasteiger partial charge in [0, 0.05) is 19.4 Å². The quantitative estimate of drug-likeness (QED) is 0.552. The summed E-state index contributed by atoms with van der Waals surface area (Å²) >= 11 is 0. The Kier molecular flexibility index (Phi) is 7.06. The Balaban J connectivity index is 1.26. The average Bonchev–Trinajstić information content (AvgIpc) is 3.53. The zero-order valence-electron chi connectivity index (χ0n) is 18.4. The molecule has 0 saturated heterocycles. The first-order valence-corrected chi connectivity index (χ1v) is 12.0. The van der Waals surface area contributed by atoms with Crippen LogP contribution in [-0.4, -0.2) is 29.4 Å². The van der Waals surface area contributed by atoms with Crippen molar-refractivity contribution < 1.29 is 14.7 Å². The van der Waals surface area contributed by atoms with Gasteiger partial charge in [-0.3, -0.25) is 9.59 Å². The number of carbonyl (C=O) groups excluding carboxylic acids is 2. The van der Waals surface area contributed by atoms with Gasteiger partial charge in [-0.25, -0.2) is 0 Å². The second-order valence-electron chi connectivity index (χ2n) is 9.58. The predicted octanol–water partition coefficient (Wildman–Crippen LogP) is 4.53. The summed E-state index contributed by atoms with van der Waals surface area (Å²) in [5.41, 5.74) is 1.95. The van der Waals surface area contributed by atoms with E-state index in [1.54, 1.807) is 0 Å². The summed E-state index contributed by atoms with van der Waals surface area (Å²) in [7, 11) is 0. The molecule has 2 fully saturated rings. The molecular formula is C27H35NO3. The molecule has 4 nitrogen and oxygen atoms in total. The van der Waals surface area contributed by atoms with Crippen LogP contribution in [0.3, 0.4) is 0 Å². The highest BCUT2D eigenvalue weighted by Gasteiger charge is 2.55. The largest absolute Gasteiger partial charge is 0.389 e. The third kappa shape index (κ3) is 5.35. The number of allylic oxidation sites excluding steroid dienone is 3. The maximum absolute atomic E-state index is 12.8. The molecule has 1 unspecified atom stereocenters. The lowest BCUT2D eigenvalue weighted by Gasteiger charge is -2.47. The first-order valence-electron chi connectivity index (χ1n) is 12.0. The zero-order chi connectivity index (χ0) is 21.7. The highest BCUT2D eigenvalue weighted by atomic mass is 16.3. The first-order chi connectivity index (χ1) is 15.1. The number of Topliss-reactive ketones (excluding diaryl/α,β-unsaturated/α-hetero) is 1.